The number of rotatable bonds is 6. The van der Waals surface area contributed by atoms with Gasteiger partial charge in [-0.05, 0) is 43.2 Å². The van der Waals surface area contributed by atoms with Crippen LogP contribution in [0.2, 0.25) is 0 Å². The lowest BCUT2D eigenvalue weighted by Gasteiger charge is -2.20. The summed E-state index contributed by atoms with van der Waals surface area (Å²) in [4.78, 5) is 12.9. The molecule has 3 rings (SSSR count). The molecule has 1 amide bonds. The normalized spacial score (nSPS) is 15.4. The molecule has 1 fully saturated rings. The molecule has 7 nitrogen and oxygen atoms in total. The molecule has 1 N–H and O–H groups in total. The highest BCUT2D eigenvalue weighted by atomic mass is 32.2. The summed E-state index contributed by atoms with van der Waals surface area (Å²) in [6.07, 6.45) is 3.80. The molecule has 0 aliphatic carbocycles. The Balaban J connectivity index is 1.83. The molecular weight excluding hydrogens is 392 g/mol. The molecule has 1 saturated heterocycles. The van der Waals surface area contributed by atoms with Gasteiger partial charge in [-0.25, -0.2) is 8.42 Å². The van der Waals surface area contributed by atoms with E-state index in [1.165, 1.54) is 23.5 Å². The van der Waals surface area contributed by atoms with Crippen LogP contribution in [0.5, 0.6) is 11.5 Å². The van der Waals surface area contributed by atoms with Crippen molar-refractivity contribution >= 4 is 21.6 Å². The van der Waals surface area contributed by atoms with Crippen LogP contribution in [0.1, 0.15) is 36.0 Å². The Kier molecular flexibility index (Phi) is 6.76. The van der Waals surface area contributed by atoms with Crippen molar-refractivity contribution in [3.05, 3.63) is 48.0 Å². The Bertz CT molecular complexity index is 967. The highest BCUT2D eigenvalue weighted by Gasteiger charge is 2.26. The Morgan fingerprint density at radius 1 is 0.966 bits per heavy atom. The lowest BCUT2D eigenvalue weighted by atomic mass is 10.2. The second-order valence-corrected chi connectivity index (χ2v) is 8.80. The van der Waals surface area contributed by atoms with Crippen molar-refractivity contribution in [1.29, 1.82) is 0 Å². The second-order valence-electron chi connectivity index (χ2n) is 6.87. The lowest BCUT2D eigenvalue weighted by molar-refractivity contribution is 0.102. The molecule has 0 unspecified atom stereocenters. The number of nitrogens with one attached hydrogen (secondary N) is 1. The highest BCUT2D eigenvalue weighted by Crippen LogP contribution is 2.29. The minimum atomic E-state index is -3.62. The van der Waals surface area contributed by atoms with E-state index in [0.29, 0.717) is 30.3 Å². The lowest BCUT2D eigenvalue weighted by Crippen LogP contribution is -2.32. The monoisotopic (exact) mass is 418 g/mol. The van der Waals surface area contributed by atoms with Crippen LogP contribution < -0.4 is 14.8 Å². The average molecular weight is 419 g/mol. The second kappa shape index (κ2) is 9.28. The van der Waals surface area contributed by atoms with E-state index in [0.717, 1.165) is 25.7 Å². The van der Waals surface area contributed by atoms with Gasteiger partial charge < -0.3 is 14.8 Å². The summed E-state index contributed by atoms with van der Waals surface area (Å²) in [5.74, 6) is 0.637. The highest BCUT2D eigenvalue weighted by molar-refractivity contribution is 7.89. The maximum atomic E-state index is 13.0. The van der Waals surface area contributed by atoms with E-state index in [4.69, 9.17) is 9.47 Å². The van der Waals surface area contributed by atoms with E-state index >= 15 is 0 Å². The number of amides is 1. The molecule has 0 bridgehead atoms. The third-order valence-electron chi connectivity index (χ3n) is 4.96. The van der Waals surface area contributed by atoms with Crippen LogP contribution >= 0.6 is 0 Å². The quantitative estimate of drug-likeness (QED) is 0.776. The van der Waals surface area contributed by atoms with Crippen LogP contribution in [0.3, 0.4) is 0 Å². The fourth-order valence-electron chi connectivity index (χ4n) is 3.33. The van der Waals surface area contributed by atoms with Gasteiger partial charge in [0.2, 0.25) is 10.0 Å². The van der Waals surface area contributed by atoms with Gasteiger partial charge in [0.15, 0.2) is 0 Å². The van der Waals surface area contributed by atoms with Gasteiger partial charge in [0.1, 0.15) is 11.5 Å². The summed E-state index contributed by atoms with van der Waals surface area (Å²) in [6.45, 7) is 1.03. The molecule has 8 heteroatoms. The van der Waals surface area contributed by atoms with Crippen molar-refractivity contribution < 1.29 is 22.7 Å². The first-order valence-corrected chi connectivity index (χ1v) is 11.0. The molecule has 1 aliphatic heterocycles. The largest absolute Gasteiger partial charge is 0.497 e. The number of hydrogen-bond donors (Lipinski definition) is 1. The van der Waals surface area contributed by atoms with E-state index in [1.54, 1.807) is 37.4 Å². The number of benzene rings is 2. The number of methoxy groups -OCH3 is 2. The minimum absolute atomic E-state index is 0.133. The Hall–Kier alpha value is -2.58. The molecule has 2 aromatic carbocycles. The SMILES string of the molecule is COc1ccc(NC(=O)c2cccc(S(=O)(=O)N3CCCCCC3)c2)c(OC)c1. The van der Waals surface area contributed by atoms with Crippen LogP contribution in [-0.4, -0.2) is 45.9 Å². The van der Waals surface area contributed by atoms with Crippen LogP contribution in [0.4, 0.5) is 5.69 Å². The number of hydrogen-bond acceptors (Lipinski definition) is 5. The first-order valence-electron chi connectivity index (χ1n) is 9.59. The van der Waals surface area contributed by atoms with Crippen LogP contribution in [0.25, 0.3) is 0 Å². The standard InChI is InChI=1S/C21H26N2O5S/c1-27-17-10-11-19(20(15-17)28-2)22-21(24)16-8-7-9-18(14-16)29(25,26)23-12-5-3-4-6-13-23/h7-11,14-15H,3-6,12-13H2,1-2H3,(H,22,24). The zero-order chi connectivity index (χ0) is 20.9. The zero-order valence-corrected chi connectivity index (χ0v) is 17.5. The summed E-state index contributed by atoms with van der Waals surface area (Å²) in [7, 11) is -0.580. The first kappa shape index (κ1) is 21.1. The molecule has 1 heterocycles. The van der Waals surface area contributed by atoms with Gasteiger partial charge in [-0.1, -0.05) is 18.9 Å². The average Bonchev–Trinajstić information content (AvgIpc) is 3.04. The third kappa shape index (κ3) is 4.89. The topological polar surface area (TPSA) is 84.9 Å². The summed E-state index contributed by atoms with van der Waals surface area (Å²) in [5.41, 5.74) is 0.734. The van der Waals surface area contributed by atoms with Gasteiger partial charge in [-0.3, -0.25) is 4.79 Å². The molecule has 0 radical (unpaired) electrons. The molecule has 29 heavy (non-hydrogen) atoms. The number of nitrogens with zero attached hydrogens (tertiary/aromatic N) is 1. The summed E-state index contributed by atoms with van der Waals surface area (Å²) >= 11 is 0. The fourth-order valence-corrected chi connectivity index (χ4v) is 4.89. The van der Waals surface area contributed by atoms with E-state index in [2.05, 4.69) is 5.32 Å². The summed E-state index contributed by atoms with van der Waals surface area (Å²) in [5, 5.41) is 2.77. The smallest absolute Gasteiger partial charge is 0.255 e. The molecule has 156 valence electrons. The van der Waals surface area contributed by atoms with E-state index < -0.39 is 15.9 Å². The predicted octanol–water partition coefficient (Wildman–Crippen LogP) is 3.52. The minimum Gasteiger partial charge on any atom is -0.497 e. The molecule has 0 aromatic heterocycles. The van der Waals surface area contributed by atoms with Crippen molar-refractivity contribution in [2.24, 2.45) is 0 Å². The van der Waals surface area contributed by atoms with Crippen LogP contribution in [0, 0.1) is 0 Å². The van der Waals surface area contributed by atoms with Crippen LogP contribution in [0.15, 0.2) is 47.4 Å². The number of ether oxygens (including phenoxy) is 2. The van der Waals surface area contributed by atoms with Crippen molar-refractivity contribution in [3.8, 4) is 11.5 Å². The van der Waals surface area contributed by atoms with Crippen molar-refractivity contribution in [2.45, 2.75) is 30.6 Å². The van der Waals surface area contributed by atoms with Gasteiger partial charge in [0.25, 0.3) is 5.91 Å². The first-order chi connectivity index (χ1) is 14.0. The van der Waals surface area contributed by atoms with Gasteiger partial charge >= 0.3 is 0 Å². The Morgan fingerprint density at radius 2 is 1.69 bits per heavy atom. The number of carbonyl (C=O) groups excluding carboxylic acids is 1. The summed E-state index contributed by atoms with van der Waals surface area (Å²) in [6, 6.07) is 11.2. The number of anilines is 1. The maximum absolute atomic E-state index is 13.0. The molecule has 0 spiro atoms. The van der Waals surface area contributed by atoms with Crippen molar-refractivity contribution in [1.82, 2.24) is 4.31 Å². The maximum Gasteiger partial charge on any atom is 0.255 e. The molecule has 2 aromatic rings. The van der Waals surface area contributed by atoms with Gasteiger partial charge in [-0.2, -0.15) is 4.31 Å². The number of carbonyl (C=O) groups is 1. The molecular formula is C21H26N2O5S. The molecule has 0 atom stereocenters. The van der Waals surface area contributed by atoms with Crippen molar-refractivity contribution in [2.75, 3.05) is 32.6 Å². The molecule has 1 aliphatic rings. The Labute approximate surface area is 171 Å². The van der Waals surface area contributed by atoms with E-state index in [-0.39, 0.29) is 10.5 Å². The van der Waals surface area contributed by atoms with Crippen molar-refractivity contribution in [3.63, 3.8) is 0 Å². The summed E-state index contributed by atoms with van der Waals surface area (Å²) < 4.78 is 38.0. The number of sulfonamides is 1. The van der Waals surface area contributed by atoms with E-state index in [1.807, 2.05) is 0 Å². The van der Waals surface area contributed by atoms with Gasteiger partial charge in [0, 0.05) is 24.7 Å². The van der Waals surface area contributed by atoms with Gasteiger partial charge in [0.05, 0.1) is 24.8 Å². The van der Waals surface area contributed by atoms with Gasteiger partial charge in [-0.15, -0.1) is 0 Å². The Morgan fingerprint density at radius 3 is 2.34 bits per heavy atom. The third-order valence-corrected chi connectivity index (χ3v) is 6.85. The van der Waals surface area contributed by atoms with E-state index in [9.17, 15) is 13.2 Å². The molecule has 0 saturated carbocycles. The zero-order valence-electron chi connectivity index (χ0n) is 16.7. The predicted molar refractivity (Wildman–Crippen MR) is 111 cm³/mol. The van der Waals surface area contributed by atoms with Crippen LogP contribution in [-0.2, 0) is 10.0 Å². The fraction of sp³-hybridized carbons (Fsp3) is 0.381.